The van der Waals surface area contributed by atoms with E-state index < -0.39 is 12.0 Å². The lowest BCUT2D eigenvalue weighted by Gasteiger charge is -2.12. The first-order valence-electron chi connectivity index (χ1n) is 7.79. The Morgan fingerprint density at radius 2 is 2.00 bits per heavy atom. The zero-order chi connectivity index (χ0) is 17.6. The molecule has 128 valence electrons. The van der Waals surface area contributed by atoms with Crippen molar-refractivity contribution < 1.29 is 19.2 Å². The van der Waals surface area contributed by atoms with Crippen molar-refractivity contribution in [2.75, 3.05) is 13.7 Å². The standard InChI is InChI=1S/C19H18N2O4/c1-24-15-9-5-8-14(10-15)17(22)12-20-19(23)16-11-18(25-21-16)13-6-3-2-4-7-13/h2-11,17,22H,12H2,1H3,(H,20,23). The van der Waals surface area contributed by atoms with Crippen LogP contribution >= 0.6 is 0 Å². The Labute approximate surface area is 145 Å². The summed E-state index contributed by atoms with van der Waals surface area (Å²) in [6, 6.07) is 18.0. The van der Waals surface area contributed by atoms with Crippen molar-refractivity contribution >= 4 is 5.91 Å². The molecule has 0 aliphatic rings. The lowest BCUT2D eigenvalue weighted by Crippen LogP contribution is -2.28. The molecule has 6 nitrogen and oxygen atoms in total. The van der Waals surface area contributed by atoms with Gasteiger partial charge in [0.15, 0.2) is 11.5 Å². The minimum absolute atomic E-state index is 0.0551. The van der Waals surface area contributed by atoms with E-state index in [4.69, 9.17) is 9.26 Å². The summed E-state index contributed by atoms with van der Waals surface area (Å²) in [5, 5.41) is 16.6. The van der Waals surface area contributed by atoms with Gasteiger partial charge in [-0.2, -0.15) is 0 Å². The summed E-state index contributed by atoms with van der Waals surface area (Å²) < 4.78 is 10.3. The molecule has 25 heavy (non-hydrogen) atoms. The van der Waals surface area contributed by atoms with Crippen LogP contribution in [0.3, 0.4) is 0 Å². The summed E-state index contributed by atoms with van der Waals surface area (Å²) in [6.07, 6.45) is -0.848. The van der Waals surface area contributed by atoms with Crippen LogP contribution in [-0.4, -0.2) is 29.8 Å². The maximum absolute atomic E-state index is 12.2. The predicted octanol–water partition coefficient (Wildman–Crippen LogP) is 2.81. The van der Waals surface area contributed by atoms with Gasteiger partial charge in [0.05, 0.1) is 13.2 Å². The molecule has 0 aliphatic carbocycles. The van der Waals surface area contributed by atoms with E-state index in [1.807, 2.05) is 30.3 Å². The third-order valence-corrected chi connectivity index (χ3v) is 3.74. The highest BCUT2D eigenvalue weighted by Gasteiger charge is 2.15. The van der Waals surface area contributed by atoms with Gasteiger partial charge in [0.1, 0.15) is 5.75 Å². The van der Waals surface area contributed by atoms with E-state index in [1.54, 1.807) is 37.4 Å². The largest absolute Gasteiger partial charge is 0.497 e. The maximum atomic E-state index is 12.2. The van der Waals surface area contributed by atoms with E-state index in [1.165, 1.54) is 0 Å². The molecule has 0 bridgehead atoms. The Bertz CT molecular complexity index is 845. The minimum Gasteiger partial charge on any atom is -0.497 e. The predicted molar refractivity (Wildman–Crippen MR) is 92.2 cm³/mol. The number of amides is 1. The van der Waals surface area contributed by atoms with Gasteiger partial charge in [-0.25, -0.2) is 0 Å². The van der Waals surface area contributed by atoms with E-state index in [9.17, 15) is 9.90 Å². The molecule has 1 unspecified atom stereocenters. The first-order chi connectivity index (χ1) is 12.2. The van der Waals surface area contributed by atoms with E-state index in [0.717, 1.165) is 5.56 Å². The first kappa shape index (κ1) is 16.7. The van der Waals surface area contributed by atoms with Crippen LogP contribution in [0.1, 0.15) is 22.2 Å². The van der Waals surface area contributed by atoms with Crippen molar-refractivity contribution in [3.8, 4) is 17.1 Å². The van der Waals surface area contributed by atoms with Crippen molar-refractivity contribution in [1.82, 2.24) is 10.5 Å². The average molecular weight is 338 g/mol. The number of carbonyl (C=O) groups excluding carboxylic acids is 1. The Kier molecular flexibility index (Phi) is 5.11. The Hall–Kier alpha value is -3.12. The Morgan fingerprint density at radius 1 is 1.20 bits per heavy atom. The molecule has 0 spiro atoms. The zero-order valence-electron chi connectivity index (χ0n) is 13.7. The number of aromatic nitrogens is 1. The van der Waals surface area contributed by atoms with Crippen molar-refractivity contribution in [2.24, 2.45) is 0 Å². The number of carbonyl (C=O) groups is 1. The first-order valence-corrected chi connectivity index (χ1v) is 7.79. The molecule has 1 heterocycles. The smallest absolute Gasteiger partial charge is 0.273 e. The maximum Gasteiger partial charge on any atom is 0.273 e. The van der Waals surface area contributed by atoms with Gasteiger partial charge < -0.3 is 19.7 Å². The highest BCUT2D eigenvalue weighted by atomic mass is 16.5. The SMILES string of the molecule is COc1cccc(C(O)CNC(=O)c2cc(-c3ccccc3)on2)c1. The van der Waals surface area contributed by atoms with Crippen LogP contribution in [0.5, 0.6) is 5.75 Å². The van der Waals surface area contributed by atoms with Gasteiger partial charge in [-0.05, 0) is 17.7 Å². The number of aliphatic hydroxyl groups excluding tert-OH is 1. The van der Waals surface area contributed by atoms with Crippen LogP contribution in [0.25, 0.3) is 11.3 Å². The molecule has 2 N–H and O–H groups in total. The van der Waals surface area contributed by atoms with Crippen molar-refractivity contribution in [2.45, 2.75) is 6.10 Å². The molecule has 6 heteroatoms. The Morgan fingerprint density at radius 3 is 2.76 bits per heavy atom. The van der Waals surface area contributed by atoms with E-state index in [2.05, 4.69) is 10.5 Å². The summed E-state index contributed by atoms with van der Waals surface area (Å²) in [7, 11) is 1.56. The minimum atomic E-state index is -0.848. The Balaban J connectivity index is 1.62. The van der Waals surface area contributed by atoms with Crippen LogP contribution in [0.15, 0.2) is 65.2 Å². The quantitative estimate of drug-likeness (QED) is 0.722. The van der Waals surface area contributed by atoms with Crippen LogP contribution in [-0.2, 0) is 0 Å². The number of hydrogen-bond donors (Lipinski definition) is 2. The number of methoxy groups -OCH3 is 1. The molecule has 1 aromatic heterocycles. The van der Waals surface area contributed by atoms with Gasteiger partial charge in [-0.15, -0.1) is 0 Å². The van der Waals surface area contributed by atoms with Crippen LogP contribution in [0.2, 0.25) is 0 Å². The molecular weight excluding hydrogens is 320 g/mol. The molecule has 0 fully saturated rings. The van der Waals surface area contributed by atoms with Gasteiger partial charge in [0.2, 0.25) is 0 Å². The van der Waals surface area contributed by atoms with Crippen LogP contribution in [0, 0.1) is 0 Å². The number of nitrogens with one attached hydrogen (secondary N) is 1. The monoisotopic (exact) mass is 338 g/mol. The lowest BCUT2D eigenvalue weighted by molar-refractivity contribution is 0.0907. The second-order valence-corrected chi connectivity index (χ2v) is 5.44. The summed E-state index contributed by atoms with van der Waals surface area (Å²) in [5.74, 6) is 0.749. The van der Waals surface area contributed by atoms with Crippen LogP contribution < -0.4 is 10.1 Å². The summed E-state index contributed by atoms with van der Waals surface area (Å²) in [5.41, 5.74) is 1.66. The number of ether oxygens (including phenoxy) is 1. The lowest BCUT2D eigenvalue weighted by atomic mass is 10.1. The van der Waals surface area contributed by atoms with E-state index in [0.29, 0.717) is 17.1 Å². The summed E-state index contributed by atoms with van der Waals surface area (Å²) >= 11 is 0. The van der Waals surface area contributed by atoms with E-state index >= 15 is 0 Å². The second-order valence-electron chi connectivity index (χ2n) is 5.44. The molecule has 0 radical (unpaired) electrons. The third kappa shape index (κ3) is 4.05. The molecule has 0 saturated carbocycles. The fourth-order valence-corrected chi connectivity index (χ4v) is 2.37. The highest BCUT2D eigenvalue weighted by molar-refractivity contribution is 5.93. The zero-order valence-corrected chi connectivity index (χ0v) is 13.7. The van der Waals surface area contributed by atoms with Crippen molar-refractivity contribution in [3.05, 3.63) is 71.9 Å². The van der Waals surface area contributed by atoms with Gasteiger partial charge >= 0.3 is 0 Å². The van der Waals surface area contributed by atoms with Crippen molar-refractivity contribution in [1.29, 1.82) is 0 Å². The van der Waals surface area contributed by atoms with Gasteiger partial charge in [0.25, 0.3) is 5.91 Å². The normalized spacial score (nSPS) is 11.8. The number of rotatable bonds is 6. The number of nitrogens with zero attached hydrogens (tertiary/aromatic N) is 1. The number of hydrogen-bond acceptors (Lipinski definition) is 5. The molecular formula is C19H18N2O4. The number of aliphatic hydroxyl groups is 1. The van der Waals surface area contributed by atoms with Crippen LogP contribution in [0.4, 0.5) is 0 Å². The fraction of sp³-hybridized carbons (Fsp3) is 0.158. The van der Waals surface area contributed by atoms with Crippen molar-refractivity contribution in [3.63, 3.8) is 0 Å². The molecule has 0 saturated heterocycles. The van der Waals surface area contributed by atoms with Gasteiger partial charge in [0, 0.05) is 18.2 Å². The molecule has 3 rings (SSSR count). The molecule has 3 aromatic rings. The average Bonchev–Trinajstić information content (AvgIpc) is 3.17. The third-order valence-electron chi connectivity index (χ3n) is 3.74. The fourth-order valence-electron chi connectivity index (χ4n) is 2.37. The molecule has 1 amide bonds. The molecule has 2 aromatic carbocycles. The summed E-state index contributed by atoms with van der Waals surface area (Å²) in [4.78, 5) is 12.2. The highest BCUT2D eigenvalue weighted by Crippen LogP contribution is 2.20. The number of benzene rings is 2. The molecule has 1 atom stereocenters. The van der Waals surface area contributed by atoms with Gasteiger partial charge in [-0.1, -0.05) is 47.6 Å². The van der Waals surface area contributed by atoms with Gasteiger partial charge in [-0.3, -0.25) is 4.79 Å². The second kappa shape index (κ2) is 7.63. The molecule has 0 aliphatic heterocycles. The summed E-state index contributed by atoms with van der Waals surface area (Å²) in [6.45, 7) is 0.0551. The topological polar surface area (TPSA) is 84.6 Å². The van der Waals surface area contributed by atoms with E-state index in [-0.39, 0.29) is 12.2 Å².